The quantitative estimate of drug-likeness (QED) is 0.0290. The summed E-state index contributed by atoms with van der Waals surface area (Å²) >= 11 is 0. The third-order valence-electron chi connectivity index (χ3n) is 8.05. The lowest BCUT2D eigenvalue weighted by Gasteiger charge is -2.18. The van der Waals surface area contributed by atoms with Gasteiger partial charge in [-0.25, -0.2) is 0 Å². The number of ether oxygens (including phenoxy) is 3. The molecule has 0 saturated heterocycles. The van der Waals surface area contributed by atoms with Gasteiger partial charge in [0.05, 0.1) is 6.42 Å². The zero-order chi connectivity index (χ0) is 35.9. The van der Waals surface area contributed by atoms with Gasteiger partial charge in [-0.1, -0.05) is 159 Å². The van der Waals surface area contributed by atoms with Crippen molar-refractivity contribution < 1.29 is 28.6 Å². The summed E-state index contributed by atoms with van der Waals surface area (Å²) in [6.07, 6.45) is 43.9. The molecule has 280 valence electrons. The van der Waals surface area contributed by atoms with E-state index >= 15 is 0 Å². The Kier molecular flexibility index (Phi) is 35.7. The average molecular weight is 685 g/mol. The van der Waals surface area contributed by atoms with E-state index in [0.29, 0.717) is 12.8 Å². The summed E-state index contributed by atoms with van der Waals surface area (Å²) < 4.78 is 16.4. The minimum absolute atomic E-state index is 0.0999. The van der Waals surface area contributed by atoms with E-state index < -0.39 is 12.1 Å². The van der Waals surface area contributed by atoms with E-state index in [1.807, 2.05) is 6.08 Å². The molecule has 0 aromatic heterocycles. The topological polar surface area (TPSA) is 78.9 Å². The Morgan fingerprint density at radius 1 is 0.449 bits per heavy atom. The van der Waals surface area contributed by atoms with Crippen molar-refractivity contribution in [2.75, 3.05) is 13.2 Å². The van der Waals surface area contributed by atoms with Gasteiger partial charge >= 0.3 is 17.9 Å². The van der Waals surface area contributed by atoms with Gasteiger partial charge in [0, 0.05) is 12.8 Å². The molecule has 0 rings (SSSR count). The van der Waals surface area contributed by atoms with E-state index in [-0.39, 0.29) is 31.6 Å². The van der Waals surface area contributed by atoms with Crippen LogP contribution in [0.5, 0.6) is 0 Å². The summed E-state index contributed by atoms with van der Waals surface area (Å²) in [5, 5.41) is 0. The molecule has 0 bridgehead atoms. The second-order valence-electron chi connectivity index (χ2n) is 12.8. The van der Waals surface area contributed by atoms with Gasteiger partial charge in [-0.05, 0) is 57.8 Å². The van der Waals surface area contributed by atoms with Crippen molar-refractivity contribution in [2.45, 2.75) is 181 Å². The number of carbonyl (C=O) groups is 3. The first-order chi connectivity index (χ1) is 24.0. The van der Waals surface area contributed by atoms with E-state index in [4.69, 9.17) is 14.2 Å². The second kappa shape index (κ2) is 37.9. The fourth-order valence-corrected chi connectivity index (χ4v) is 5.13. The van der Waals surface area contributed by atoms with E-state index in [1.54, 1.807) is 6.08 Å². The summed E-state index contributed by atoms with van der Waals surface area (Å²) in [4.78, 5) is 37.3. The monoisotopic (exact) mass is 685 g/mol. The van der Waals surface area contributed by atoms with Crippen LogP contribution in [0.1, 0.15) is 175 Å². The number of hydrogen-bond donors (Lipinski definition) is 0. The van der Waals surface area contributed by atoms with Gasteiger partial charge in [-0.2, -0.15) is 0 Å². The molecule has 0 aliphatic carbocycles. The van der Waals surface area contributed by atoms with Crippen molar-refractivity contribution in [3.8, 4) is 0 Å². The summed E-state index contributed by atoms with van der Waals surface area (Å²) in [7, 11) is 0. The molecule has 0 aliphatic rings. The van der Waals surface area contributed by atoms with Crippen molar-refractivity contribution in [1.82, 2.24) is 0 Å². The molecule has 6 nitrogen and oxygen atoms in total. The minimum atomic E-state index is -0.829. The Labute approximate surface area is 300 Å². The third-order valence-corrected chi connectivity index (χ3v) is 8.05. The van der Waals surface area contributed by atoms with Crippen LogP contribution < -0.4 is 0 Å². The molecule has 0 fully saturated rings. The fourth-order valence-electron chi connectivity index (χ4n) is 5.13. The predicted molar refractivity (Wildman–Crippen MR) is 205 cm³/mol. The zero-order valence-corrected chi connectivity index (χ0v) is 31.7. The number of rotatable bonds is 34. The maximum atomic E-state index is 12.5. The smallest absolute Gasteiger partial charge is 0.310 e. The molecule has 0 aliphatic heterocycles. The Morgan fingerprint density at radius 2 is 0.857 bits per heavy atom. The first kappa shape index (κ1) is 46.1. The lowest BCUT2D eigenvalue weighted by atomic mass is 10.0. The first-order valence-corrected chi connectivity index (χ1v) is 19.8. The number of hydrogen-bond acceptors (Lipinski definition) is 6. The highest BCUT2D eigenvalue weighted by molar-refractivity contribution is 5.72. The van der Waals surface area contributed by atoms with Crippen LogP contribution in [0.4, 0.5) is 0 Å². The van der Waals surface area contributed by atoms with Gasteiger partial charge in [0.1, 0.15) is 13.2 Å². The Hall–Kier alpha value is -2.89. The molecule has 0 aromatic carbocycles. The van der Waals surface area contributed by atoms with Crippen LogP contribution in [0.3, 0.4) is 0 Å². The minimum Gasteiger partial charge on any atom is -0.462 e. The maximum absolute atomic E-state index is 12.5. The molecule has 1 atom stereocenters. The second-order valence-corrected chi connectivity index (χ2v) is 12.8. The Bertz CT molecular complexity index is 929. The number of unbranched alkanes of at least 4 members (excludes halogenated alkanes) is 14. The molecule has 0 heterocycles. The SMILES string of the molecule is CC/C=C\C/C=C\C/C=C\CC(=O)OC(COC(=O)CCCC/C=C\C/C=C\CC)COC(=O)CCCCCCCCCCCCCCC. The van der Waals surface area contributed by atoms with Crippen LogP contribution in [0.2, 0.25) is 0 Å². The van der Waals surface area contributed by atoms with Crippen LogP contribution in [-0.4, -0.2) is 37.2 Å². The number of esters is 3. The van der Waals surface area contributed by atoms with E-state index in [9.17, 15) is 14.4 Å². The largest absolute Gasteiger partial charge is 0.462 e. The molecule has 0 N–H and O–H groups in total. The van der Waals surface area contributed by atoms with Crippen LogP contribution in [0, 0.1) is 0 Å². The number of carbonyl (C=O) groups excluding carboxylic acids is 3. The van der Waals surface area contributed by atoms with Gasteiger partial charge < -0.3 is 14.2 Å². The van der Waals surface area contributed by atoms with Gasteiger partial charge in [0.15, 0.2) is 6.10 Å². The molecule has 1 unspecified atom stereocenters. The van der Waals surface area contributed by atoms with Gasteiger partial charge in [-0.3, -0.25) is 14.4 Å². The summed E-state index contributed by atoms with van der Waals surface area (Å²) in [6.45, 7) is 6.23. The predicted octanol–water partition coefficient (Wildman–Crippen LogP) is 12.2. The van der Waals surface area contributed by atoms with Gasteiger partial charge in [0.2, 0.25) is 0 Å². The summed E-state index contributed by atoms with van der Waals surface area (Å²) in [5.41, 5.74) is 0. The molecule has 0 amide bonds. The highest BCUT2D eigenvalue weighted by Gasteiger charge is 2.19. The molecular formula is C43H72O6. The van der Waals surface area contributed by atoms with E-state index in [0.717, 1.165) is 70.6 Å². The van der Waals surface area contributed by atoms with Crippen molar-refractivity contribution >= 4 is 17.9 Å². The molecular weight excluding hydrogens is 612 g/mol. The lowest BCUT2D eigenvalue weighted by Crippen LogP contribution is -2.30. The van der Waals surface area contributed by atoms with Crippen LogP contribution in [0.15, 0.2) is 60.8 Å². The molecule has 0 aromatic rings. The molecule has 0 spiro atoms. The molecule has 0 radical (unpaired) electrons. The zero-order valence-electron chi connectivity index (χ0n) is 31.7. The fraction of sp³-hybridized carbons (Fsp3) is 0.698. The molecule has 0 saturated carbocycles. The van der Waals surface area contributed by atoms with E-state index in [2.05, 4.69) is 69.4 Å². The summed E-state index contributed by atoms with van der Waals surface area (Å²) in [6, 6.07) is 0. The van der Waals surface area contributed by atoms with Crippen LogP contribution in [0.25, 0.3) is 0 Å². The van der Waals surface area contributed by atoms with Crippen LogP contribution >= 0.6 is 0 Å². The van der Waals surface area contributed by atoms with Crippen LogP contribution in [-0.2, 0) is 28.6 Å². The maximum Gasteiger partial charge on any atom is 0.310 e. The Balaban J connectivity index is 4.46. The highest BCUT2D eigenvalue weighted by atomic mass is 16.6. The molecule has 49 heavy (non-hydrogen) atoms. The van der Waals surface area contributed by atoms with Crippen molar-refractivity contribution in [2.24, 2.45) is 0 Å². The highest BCUT2D eigenvalue weighted by Crippen LogP contribution is 2.13. The van der Waals surface area contributed by atoms with Crippen molar-refractivity contribution in [3.63, 3.8) is 0 Å². The van der Waals surface area contributed by atoms with Crippen molar-refractivity contribution in [3.05, 3.63) is 60.8 Å². The average Bonchev–Trinajstić information content (AvgIpc) is 3.10. The van der Waals surface area contributed by atoms with Crippen molar-refractivity contribution in [1.29, 1.82) is 0 Å². The first-order valence-electron chi connectivity index (χ1n) is 19.8. The van der Waals surface area contributed by atoms with Gasteiger partial charge in [0.25, 0.3) is 0 Å². The summed E-state index contributed by atoms with van der Waals surface area (Å²) in [5.74, 6) is -1.09. The van der Waals surface area contributed by atoms with E-state index in [1.165, 1.54) is 64.2 Å². The van der Waals surface area contributed by atoms with Gasteiger partial charge in [-0.15, -0.1) is 0 Å². The number of allylic oxidation sites excluding steroid dienone is 9. The standard InChI is InChI=1S/C43H72O6/c1-4-7-10-13-16-19-20-21-22-25-27-30-33-36-42(45)48-39-40(49-43(46)37-34-31-28-24-18-15-12-9-6-3)38-47-41(44)35-32-29-26-23-17-14-11-8-5-2/h8-9,11-12,17-18,23-24,31,34,40H,4-7,10,13-16,19-22,25-30,32-33,35-39H2,1-3H3/b11-8-,12-9-,23-17-,24-18-,34-31-. The normalized spacial score (nSPS) is 12.6. The Morgan fingerprint density at radius 3 is 1.35 bits per heavy atom. The third kappa shape index (κ3) is 36.2. The lowest BCUT2D eigenvalue weighted by molar-refractivity contribution is -0.166. The molecule has 6 heteroatoms.